The van der Waals surface area contributed by atoms with Gasteiger partial charge >= 0.3 is 6.09 Å². The van der Waals surface area contributed by atoms with Crippen LogP contribution in [0, 0.1) is 25.1 Å². The fourth-order valence-corrected chi connectivity index (χ4v) is 4.95. The highest BCUT2D eigenvalue weighted by Gasteiger charge is 2.30. The number of carbonyl (C=O) groups is 1. The van der Waals surface area contributed by atoms with Crippen LogP contribution in [-0.2, 0) is 4.74 Å². The fraction of sp³-hybridized carbons (Fsp3) is 0.400. The smallest absolute Gasteiger partial charge is 0.411 e. The molecule has 0 saturated carbocycles. The molecule has 0 bridgehead atoms. The number of halogens is 1. The van der Waals surface area contributed by atoms with Crippen molar-refractivity contribution in [2.75, 3.05) is 38.6 Å². The quantitative estimate of drug-likeness (QED) is 0.116. The Morgan fingerprint density at radius 1 is 1.20 bits per heavy atom. The molecule has 0 spiro atoms. The van der Waals surface area contributed by atoms with Crippen molar-refractivity contribution in [2.24, 2.45) is 10.1 Å². The summed E-state index contributed by atoms with van der Waals surface area (Å²) in [6.45, 7) is 15.4. The lowest BCUT2D eigenvalue weighted by Crippen LogP contribution is -2.44. The largest absolute Gasteiger partial charge is 0.490 e. The number of aliphatic imine (C=N–C) groups is 1. The number of aryl methyl sites for hydroxylation is 1. The zero-order valence-corrected chi connectivity index (χ0v) is 31.2. The van der Waals surface area contributed by atoms with Crippen molar-refractivity contribution >= 4 is 35.7 Å². The molecule has 10 nitrogen and oxygen atoms in total. The van der Waals surface area contributed by atoms with E-state index < -0.39 is 11.4 Å². The molecule has 0 aliphatic carbocycles. The summed E-state index contributed by atoms with van der Waals surface area (Å²) in [6.07, 6.45) is 19.9. The van der Waals surface area contributed by atoms with Crippen molar-refractivity contribution in [3.05, 3.63) is 83.7 Å². The lowest BCUT2D eigenvalue weighted by molar-refractivity contribution is -0.443. The van der Waals surface area contributed by atoms with Crippen LogP contribution in [0.1, 0.15) is 71.9 Å². The molecule has 0 unspecified atom stereocenters. The Morgan fingerprint density at radius 3 is 2.53 bits per heavy atom. The first-order valence-corrected chi connectivity index (χ1v) is 17.2. The maximum absolute atomic E-state index is 15.3. The average Bonchev–Trinajstić information content (AvgIpc) is 3.11. The Hall–Kier alpha value is -5.37. The van der Waals surface area contributed by atoms with Crippen molar-refractivity contribution in [3.63, 3.8) is 0 Å². The fourth-order valence-electron chi connectivity index (χ4n) is 4.95. The van der Waals surface area contributed by atoms with Crippen LogP contribution in [0.15, 0.2) is 76.8 Å². The van der Waals surface area contributed by atoms with Crippen molar-refractivity contribution in [2.45, 2.75) is 73.3 Å². The van der Waals surface area contributed by atoms with Crippen LogP contribution in [0.25, 0.3) is 0 Å². The third-order valence-electron chi connectivity index (χ3n) is 7.43. The van der Waals surface area contributed by atoms with E-state index in [9.17, 15) is 4.79 Å². The van der Waals surface area contributed by atoms with E-state index in [0.29, 0.717) is 49.2 Å². The number of anilines is 1. The summed E-state index contributed by atoms with van der Waals surface area (Å²) in [4.78, 5) is 19.1. The number of ether oxygens (including phenoxy) is 3. The molecule has 0 aromatic heterocycles. The maximum Gasteiger partial charge on any atom is 0.411 e. The molecule has 51 heavy (non-hydrogen) atoms. The van der Waals surface area contributed by atoms with E-state index in [1.54, 1.807) is 53.8 Å². The Labute approximate surface area is 302 Å². The van der Waals surface area contributed by atoms with E-state index in [4.69, 9.17) is 25.6 Å². The van der Waals surface area contributed by atoms with Crippen molar-refractivity contribution in [3.8, 4) is 23.8 Å². The van der Waals surface area contributed by atoms with Gasteiger partial charge in [-0.1, -0.05) is 32.4 Å². The SMILES string of the molecule is C#CCC.C/C=N\N1C=CC(Oc2ccc(NC(=N/C=C/CCC)c3c(C)ccc([N+]4=CCN(C(=O)OC(C)(C)C)CC4)c3OC)cc2F)=CC1. The minimum atomic E-state index is -0.565. The molecule has 2 aliphatic heterocycles. The van der Waals surface area contributed by atoms with Gasteiger partial charge in [0.2, 0.25) is 11.4 Å². The number of terminal acetylenes is 1. The van der Waals surface area contributed by atoms with Gasteiger partial charge in [-0.15, -0.1) is 12.3 Å². The summed E-state index contributed by atoms with van der Waals surface area (Å²) in [7, 11) is 1.62. The monoisotopic (exact) mass is 699 g/mol. The number of hydrogen-bond acceptors (Lipinski definition) is 7. The number of carbonyl (C=O) groups excluding carboxylic acids is 1. The summed E-state index contributed by atoms with van der Waals surface area (Å²) in [5, 5.41) is 9.28. The normalized spacial score (nSPS) is 14.8. The highest BCUT2D eigenvalue weighted by atomic mass is 19.1. The number of hydrogen-bond donors (Lipinski definition) is 1. The maximum atomic E-state index is 15.3. The van der Waals surface area contributed by atoms with Gasteiger partial charge in [-0.3, -0.25) is 9.91 Å². The average molecular weight is 700 g/mol. The second-order valence-electron chi connectivity index (χ2n) is 12.6. The van der Waals surface area contributed by atoms with Crippen LogP contribution in [0.5, 0.6) is 11.5 Å². The van der Waals surface area contributed by atoms with E-state index in [-0.39, 0.29) is 11.8 Å². The van der Waals surface area contributed by atoms with E-state index in [0.717, 1.165) is 36.1 Å². The third kappa shape index (κ3) is 12.2. The first-order valence-electron chi connectivity index (χ1n) is 17.2. The number of amidine groups is 1. The Morgan fingerprint density at radius 2 is 1.96 bits per heavy atom. The molecule has 1 N–H and O–H groups in total. The first-order chi connectivity index (χ1) is 24.4. The molecule has 0 saturated heterocycles. The van der Waals surface area contributed by atoms with Crippen LogP contribution in [0.3, 0.4) is 0 Å². The number of allylic oxidation sites excluding steroid dienone is 2. The van der Waals surface area contributed by atoms with Crippen LogP contribution in [0.2, 0.25) is 0 Å². The highest BCUT2D eigenvalue weighted by Crippen LogP contribution is 2.35. The number of hydrazone groups is 1. The third-order valence-corrected chi connectivity index (χ3v) is 7.43. The second-order valence-corrected chi connectivity index (χ2v) is 12.6. The van der Waals surface area contributed by atoms with Gasteiger partial charge in [0.1, 0.15) is 23.7 Å². The Bertz CT molecular complexity index is 1730. The van der Waals surface area contributed by atoms with Crippen molar-refractivity contribution in [1.29, 1.82) is 0 Å². The lowest BCUT2D eigenvalue weighted by Gasteiger charge is -2.27. The van der Waals surface area contributed by atoms with Gasteiger partial charge in [0.15, 0.2) is 24.3 Å². The molecular formula is C40H52FN6O4+. The van der Waals surface area contributed by atoms with E-state index in [1.807, 2.05) is 72.0 Å². The molecule has 0 atom stereocenters. The number of unbranched alkanes of at least 4 members (excludes halogenated alkanes) is 1. The number of nitrogens with zero attached hydrogens (tertiary/aromatic N) is 5. The van der Waals surface area contributed by atoms with Gasteiger partial charge in [0.25, 0.3) is 0 Å². The summed E-state index contributed by atoms with van der Waals surface area (Å²) in [6, 6.07) is 8.73. The number of methoxy groups -OCH3 is 1. The highest BCUT2D eigenvalue weighted by molar-refractivity contribution is 6.12. The van der Waals surface area contributed by atoms with Gasteiger partial charge in [-0.05, 0) is 70.9 Å². The summed E-state index contributed by atoms with van der Waals surface area (Å²) in [5.74, 6) is 3.67. The molecule has 2 aliphatic rings. The first kappa shape index (κ1) is 40.1. The van der Waals surface area contributed by atoms with Crippen LogP contribution in [0.4, 0.5) is 20.6 Å². The summed E-state index contributed by atoms with van der Waals surface area (Å²) in [5.41, 5.74) is 2.43. The number of amides is 1. The zero-order chi connectivity index (χ0) is 37.4. The van der Waals surface area contributed by atoms with Gasteiger partial charge < -0.3 is 19.5 Å². The van der Waals surface area contributed by atoms with E-state index in [2.05, 4.69) is 27.8 Å². The molecule has 2 aromatic carbocycles. The van der Waals surface area contributed by atoms with Crippen molar-refractivity contribution < 1.29 is 28.0 Å². The standard InChI is InChI=1S/C36H46FN6O4.C4H6/c1-8-10-11-18-38-34(40-27-13-15-31(29(37)25-27)46-28-16-19-43(20-17-28)39-9-2)32-26(3)12-14-30(33(32)45-7)41-21-23-42(24-22-41)35(44)47-36(4,5)6;1-3-4-2/h9,11-19,21,25H,8,10,20,22-24H2,1-7H3,(H,38,40);1H,4H2,2H3/q+1;/b18-11+,39-9-;. The predicted octanol–water partition coefficient (Wildman–Crippen LogP) is 8.41. The van der Waals surface area contributed by atoms with Crippen LogP contribution in [-0.4, -0.2) is 77.7 Å². The molecule has 2 heterocycles. The molecule has 1 amide bonds. The van der Waals surface area contributed by atoms with Gasteiger partial charge in [0, 0.05) is 42.9 Å². The molecule has 11 heteroatoms. The molecule has 272 valence electrons. The molecule has 4 rings (SSSR count). The second kappa shape index (κ2) is 19.7. The summed E-state index contributed by atoms with van der Waals surface area (Å²) >= 11 is 0. The molecule has 2 aromatic rings. The minimum Gasteiger partial charge on any atom is -0.490 e. The van der Waals surface area contributed by atoms with E-state index >= 15 is 4.39 Å². The van der Waals surface area contributed by atoms with E-state index in [1.165, 1.54) is 6.07 Å². The minimum absolute atomic E-state index is 0.108. The van der Waals surface area contributed by atoms with Gasteiger partial charge in [0.05, 0.1) is 25.8 Å². The zero-order valence-electron chi connectivity index (χ0n) is 31.2. The topological polar surface area (TPSA) is 91.0 Å². The predicted molar refractivity (Wildman–Crippen MR) is 205 cm³/mol. The number of rotatable bonds is 10. The van der Waals surface area contributed by atoms with Gasteiger partial charge in [-0.2, -0.15) is 9.68 Å². The van der Waals surface area contributed by atoms with Crippen LogP contribution >= 0.6 is 0 Å². The number of benzene rings is 2. The Kier molecular flexibility index (Phi) is 15.5. The Balaban J connectivity index is 0.00000166. The molecule has 0 fully saturated rings. The number of nitrogens with one attached hydrogen (secondary N) is 1. The van der Waals surface area contributed by atoms with Gasteiger partial charge in [-0.25, -0.2) is 14.2 Å². The molecular weight excluding hydrogens is 647 g/mol. The molecule has 0 radical (unpaired) electrons. The lowest BCUT2D eigenvalue weighted by atomic mass is 10.0. The van der Waals surface area contributed by atoms with Crippen molar-refractivity contribution in [1.82, 2.24) is 9.91 Å². The summed E-state index contributed by atoms with van der Waals surface area (Å²) < 4.78 is 34.8. The van der Waals surface area contributed by atoms with Crippen LogP contribution < -0.4 is 14.8 Å².